The van der Waals surface area contributed by atoms with E-state index >= 15 is 0 Å². The van der Waals surface area contributed by atoms with Gasteiger partial charge in [0.25, 0.3) is 0 Å². The van der Waals surface area contributed by atoms with Crippen LogP contribution in [0.2, 0.25) is 0 Å². The van der Waals surface area contributed by atoms with Crippen LogP contribution in [-0.4, -0.2) is 26.8 Å². The van der Waals surface area contributed by atoms with Crippen molar-refractivity contribution in [2.24, 2.45) is 0 Å². The average molecular weight is 294 g/mol. The summed E-state index contributed by atoms with van der Waals surface area (Å²) >= 11 is 2.81. The molecule has 19 heavy (non-hydrogen) atoms. The molecule has 0 aromatic carbocycles. The van der Waals surface area contributed by atoms with E-state index in [9.17, 15) is 4.79 Å². The fourth-order valence-corrected chi connectivity index (χ4v) is 2.67. The van der Waals surface area contributed by atoms with Crippen molar-refractivity contribution in [1.82, 2.24) is 15.2 Å². The number of amides is 1. The Morgan fingerprint density at radius 1 is 1.42 bits per heavy atom. The number of aromatic nitrogens is 3. The molecule has 0 atom stereocenters. The zero-order valence-corrected chi connectivity index (χ0v) is 12.3. The Labute approximate surface area is 119 Å². The molecule has 0 fully saturated rings. The minimum atomic E-state index is -0.0953. The first-order valence-electron chi connectivity index (χ1n) is 5.82. The van der Waals surface area contributed by atoms with E-state index in [-0.39, 0.29) is 5.91 Å². The monoisotopic (exact) mass is 294 g/mol. The van der Waals surface area contributed by atoms with Gasteiger partial charge in [-0.05, 0) is 12.1 Å². The maximum absolute atomic E-state index is 11.7. The SMILES string of the molecule is CC(C)c1nnc(NC(=O)CSc2ccccn2)s1. The van der Waals surface area contributed by atoms with Gasteiger partial charge in [-0.25, -0.2) is 4.98 Å². The molecule has 1 N–H and O–H groups in total. The van der Waals surface area contributed by atoms with E-state index in [4.69, 9.17) is 0 Å². The summed E-state index contributed by atoms with van der Waals surface area (Å²) < 4.78 is 0. The molecule has 0 aliphatic heterocycles. The number of hydrogen-bond donors (Lipinski definition) is 1. The molecular formula is C12H14N4OS2. The molecule has 0 radical (unpaired) electrons. The number of anilines is 1. The van der Waals surface area contributed by atoms with Crippen LogP contribution in [0.15, 0.2) is 29.4 Å². The van der Waals surface area contributed by atoms with Crippen molar-refractivity contribution < 1.29 is 4.79 Å². The molecule has 0 aliphatic rings. The highest BCUT2D eigenvalue weighted by molar-refractivity contribution is 7.99. The van der Waals surface area contributed by atoms with Crippen molar-refractivity contribution in [3.8, 4) is 0 Å². The summed E-state index contributed by atoms with van der Waals surface area (Å²) in [6, 6.07) is 5.62. The molecule has 0 spiro atoms. The third-order valence-corrected chi connectivity index (χ3v) is 4.25. The first kappa shape index (κ1) is 14.0. The lowest BCUT2D eigenvalue weighted by Crippen LogP contribution is -2.13. The smallest absolute Gasteiger partial charge is 0.236 e. The van der Waals surface area contributed by atoms with Crippen molar-refractivity contribution in [3.63, 3.8) is 0 Å². The molecule has 7 heteroatoms. The van der Waals surface area contributed by atoms with Crippen LogP contribution in [0.3, 0.4) is 0 Å². The van der Waals surface area contributed by atoms with Gasteiger partial charge in [0, 0.05) is 12.1 Å². The molecule has 0 aliphatic carbocycles. The van der Waals surface area contributed by atoms with Crippen LogP contribution in [0.25, 0.3) is 0 Å². The van der Waals surface area contributed by atoms with Crippen molar-refractivity contribution in [2.75, 3.05) is 11.1 Å². The van der Waals surface area contributed by atoms with Gasteiger partial charge in [-0.15, -0.1) is 10.2 Å². The van der Waals surface area contributed by atoms with Gasteiger partial charge in [0.05, 0.1) is 10.8 Å². The highest BCUT2D eigenvalue weighted by Gasteiger charge is 2.10. The van der Waals surface area contributed by atoms with E-state index in [0.29, 0.717) is 16.8 Å². The van der Waals surface area contributed by atoms with E-state index < -0.39 is 0 Å². The summed E-state index contributed by atoms with van der Waals surface area (Å²) in [5, 5.41) is 13.0. The van der Waals surface area contributed by atoms with E-state index in [2.05, 4.69) is 20.5 Å². The number of thioether (sulfide) groups is 1. The van der Waals surface area contributed by atoms with E-state index in [1.54, 1.807) is 6.20 Å². The Kier molecular flexibility index (Phi) is 4.86. The maximum atomic E-state index is 11.7. The zero-order chi connectivity index (χ0) is 13.7. The van der Waals surface area contributed by atoms with Gasteiger partial charge in [-0.2, -0.15) is 0 Å². The van der Waals surface area contributed by atoms with Gasteiger partial charge in [0.1, 0.15) is 5.01 Å². The molecule has 1 amide bonds. The zero-order valence-electron chi connectivity index (χ0n) is 10.7. The minimum absolute atomic E-state index is 0.0953. The maximum Gasteiger partial charge on any atom is 0.236 e. The third kappa shape index (κ3) is 4.29. The molecule has 0 saturated carbocycles. The molecule has 0 bridgehead atoms. The predicted octanol–water partition coefficient (Wildman–Crippen LogP) is 2.79. The first-order chi connectivity index (χ1) is 9.15. The van der Waals surface area contributed by atoms with Crippen LogP contribution in [-0.2, 0) is 4.79 Å². The Balaban J connectivity index is 1.84. The van der Waals surface area contributed by atoms with Gasteiger partial charge in [-0.3, -0.25) is 10.1 Å². The summed E-state index contributed by atoms with van der Waals surface area (Å²) in [6.45, 7) is 4.09. The lowest BCUT2D eigenvalue weighted by atomic mass is 10.2. The molecule has 5 nitrogen and oxygen atoms in total. The number of carbonyl (C=O) groups excluding carboxylic acids is 1. The normalized spacial score (nSPS) is 10.7. The predicted molar refractivity (Wildman–Crippen MR) is 77.6 cm³/mol. The van der Waals surface area contributed by atoms with Crippen molar-refractivity contribution in [2.45, 2.75) is 24.8 Å². The van der Waals surface area contributed by atoms with E-state index in [1.165, 1.54) is 23.1 Å². The van der Waals surface area contributed by atoms with Gasteiger partial charge < -0.3 is 0 Å². The average Bonchev–Trinajstić information content (AvgIpc) is 2.86. The second-order valence-electron chi connectivity index (χ2n) is 4.10. The Morgan fingerprint density at radius 3 is 2.89 bits per heavy atom. The Hall–Kier alpha value is -1.47. The number of hydrogen-bond acceptors (Lipinski definition) is 6. The molecule has 2 aromatic rings. The molecule has 2 heterocycles. The Bertz CT molecular complexity index is 542. The second-order valence-corrected chi connectivity index (χ2v) is 6.11. The minimum Gasteiger partial charge on any atom is -0.300 e. The van der Waals surface area contributed by atoms with Gasteiger partial charge in [0.15, 0.2) is 0 Å². The number of rotatable bonds is 5. The highest BCUT2D eigenvalue weighted by Crippen LogP contribution is 2.22. The van der Waals surface area contributed by atoms with Crippen LogP contribution in [0.4, 0.5) is 5.13 Å². The highest BCUT2D eigenvalue weighted by atomic mass is 32.2. The second kappa shape index (κ2) is 6.63. The number of nitrogens with one attached hydrogen (secondary N) is 1. The van der Waals surface area contributed by atoms with Gasteiger partial charge >= 0.3 is 0 Å². The van der Waals surface area contributed by atoms with Crippen molar-refractivity contribution in [1.29, 1.82) is 0 Å². The molecule has 0 unspecified atom stereocenters. The standard InChI is InChI=1S/C12H14N4OS2/c1-8(2)11-15-16-12(19-11)14-9(17)7-18-10-5-3-4-6-13-10/h3-6,8H,7H2,1-2H3,(H,14,16,17). The summed E-state index contributed by atoms with van der Waals surface area (Å²) in [5.41, 5.74) is 0. The fourth-order valence-electron chi connectivity index (χ4n) is 1.25. The van der Waals surface area contributed by atoms with Crippen LogP contribution in [0, 0.1) is 0 Å². The molecule has 0 saturated heterocycles. The number of nitrogens with zero attached hydrogens (tertiary/aromatic N) is 3. The van der Waals surface area contributed by atoms with E-state index in [1.807, 2.05) is 32.0 Å². The van der Waals surface area contributed by atoms with Crippen LogP contribution < -0.4 is 5.32 Å². The molecule has 100 valence electrons. The van der Waals surface area contributed by atoms with Gasteiger partial charge in [-0.1, -0.05) is 43.0 Å². The molecular weight excluding hydrogens is 280 g/mol. The summed E-state index contributed by atoms with van der Waals surface area (Å²) in [4.78, 5) is 15.9. The van der Waals surface area contributed by atoms with Crippen molar-refractivity contribution >= 4 is 34.1 Å². The van der Waals surface area contributed by atoms with Crippen molar-refractivity contribution in [3.05, 3.63) is 29.4 Å². The topological polar surface area (TPSA) is 67.8 Å². The summed E-state index contributed by atoms with van der Waals surface area (Å²) in [7, 11) is 0. The lowest BCUT2D eigenvalue weighted by Gasteiger charge is -2.00. The van der Waals surface area contributed by atoms with Crippen LogP contribution in [0.1, 0.15) is 24.8 Å². The van der Waals surface area contributed by atoms with Crippen LogP contribution >= 0.6 is 23.1 Å². The fraction of sp³-hybridized carbons (Fsp3) is 0.333. The number of carbonyl (C=O) groups is 1. The number of pyridine rings is 1. The largest absolute Gasteiger partial charge is 0.300 e. The molecule has 2 rings (SSSR count). The van der Waals surface area contributed by atoms with Gasteiger partial charge in [0.2, 0.25) is 11.0 Å². The Morgan fingerprint density at radius 2 is 2.26 bits per heavy atom. The lowest BCUT2D eigenvalue weighted by molar-refractivity contribution is -0.113. The van der Waals surface area contributed by atoms with E-state index in [0.717, 1.165) is 10.0 Å². The summed E-state index contributed by atoms with van der Waals surface area (Å²) in [6.07, 6.45) is 1.71. The summed E-state index contributed by atoms with van der Waals surface area (Å²) in [5.74, 6) is 0.543. The molecule has 2 aromatic heterocycles. The van der Waals surface area contributed by atoms with Crippen LogP contribution in [0.5, 0.6) is 0 Å². The third-order valence-electron chi connectivity index (χ3n) is 2.17. The first-order valence-corrected chi connectivity index (χ1v) is 7.62. The quantitative estimate of drug-likeness (QED) is 0.859.